The lowest BCUT2D eigenvalue weighted by molar-refractivity contribution is -0.142. The fraction of sp³-hybridized carbons (Fsp3) is 0.500. The molecule has 1 N–H and O–H groups in total. The number of rotatable bonds is 6. The van der Waals surface area contributed by atoms with Crippen LogP contribution in [0.4, 0.5) is 0 Å². The number of benzene rings is 1. The van der Waals surface area contributed by atoms with Gasteiger partial charge in [-0.3, -0.25) is 9.59 Å². The van der Waals surface area contributed by atoms with Crippen molar-refractivity contribution < 1.29 is 14.3 Å². The van der Waals surface area contributed by atoms with Gasteiger partial charge in [0.1, 0.15) is 5.75 Å². The first-order valence-corrected chi connectivity index (χ1v) is 11.1. The van der Waals surface area contributed by atoms with Crippen LogP contribution in [-0.4, -0.2) is 40.3 Å². The standard InChI is InChI=1S/C24H30N4O3/c1-16-20(23(29)26-14-17-7-5-10-19(13-17)31-2)15-25-22(27-16)21-11-3-4-12-28(21)24(30)18-8-6-9-18/h5,7,10,13,15,18,21H,3-4,6,8-9,11-12,14H2,1-2H3,(H,26,29)/t21-/m1/s1. The van der Waals surface area contributed by atoms with Gasteiger partial charge in [0, 0.05) is 25.2 Å². The highest BCUT2D eigenvalue weighted by Gasteiger charge is 2.36. The molecule has 1 atom stereocenters. The normalized spacial score (nSPS) is 18.9. The first-order chi connectivity index (χ1) is 15.1. The number of methoxy groups -OCH3 is 1. The topological polar surface area (TPSA) is 84.4 Å². The van der Waals surface area contributed by atoms with Crippen molar-refractivity contribution in [1.29, 1.82) is 0 Å². The van der Waals surface area contributed by atoms with Crippen LogP contribution in [0.5, 0.6) is 5.75 Å². The van der Waals surface area contributed by atoms with Gasteiger partial charge in [-0.1, -0.05) is 18.6 Å². The van der Waals surface area contributed by atoms with Crippen LogP contribution < -0.4 is 10.1 Å². The zero-order valence-corrected chi connectivity index (χ0v) is 18.3. The highest BCUT2D eigenvalue weighted by atomic mass is 16.5. The molecule has 0 radical (unpaired) electrons. The Morgan fingerprint density at radius 2 is 2.03 bits per heavy atom. The van der Waals surface area contributed by atoms with Crippen LogP contribution >= 0.6 is 0 Å². The molecule has 31 heavy (non-hydrogen) atoms. The van der Waals surface area contributed by atoms with Crippen LogP contribution in [0.25, 0.3) is 0 Å². The lowest BCUT2D eigenvalue weighted by Gasteiger charge is -2.39. The number of hydrogen-bond donors (Lipinski definition) is 1. The maximum atomic E-state index is 12.9. The van der Waals surface area contributed by atoms with Crippen LogP contribution in [0.15, 0.2) is 30.5 Å². The highest BCUT2D eigenvalue weighted by molar-refractivity contribution is 5.94. The van der Waals surface area contributed by atoms with Gasteiger partial charge in [0.25, 0.3) is 5.91 Å². The summed E-state index contributed by atoms with van der Waals surface area (Å²) >= 11 is 0. The number of ether oxygens (including phenoxy) is 1. The van der Waals surface area contributed by atoms with Crippen molar-refractivity contribution in [3.05, 3.63) is 53.1 Å². The van der Waals surface area contributed by atoms with Crippen molar-refractivity contribution in [3.8, 4) is 5.75 Å². The number of hydrogen-bond acceptors (Lipinski definition) is 5. The minimum Gasteiger partial charge on any atom is -0.497 e. The molecule has 0 bridgehead atoms. The van der Waals surface area contributed by atoms with E-state index in [0.717, 1.165) is 56.4 Å². The van der Waals surface area contributed by atoms with Gasteiger partial charge in [-0.2, -0.15) is 0 Å². The molecule has 2 fully saturated rings. The molecule has 0 spiro atoms. The fourth-order valence-electron chi connectivity index (χ4n) is 4.28. The van der Waals surface area contributed by atoms with Gasteiger partial charge in [0.15, 0.2) is 5.82 Å². The van der Waals surface area contributed by atoms with Crippen LogP contribution in [0.1, 0.15) is 72.0 Å². The van der Waals surface area contributed by atoms with Gasteiger partial charge in [0.2, 0.25) is 5.91 Å². The van der Waals surface area contributed by atoms with Gasteiger partial charge >= 0.3 is 0 Å². The minimum atomic E-state index is -0.210. The molecule has 1 aliphatic carbocycles. The van der Waals surface area contributed by atoms with Gasteiger partial charge in [-0.05, 0) is 56.7 Å². The van der Waals surface area contributed by atoms with E-state index in [9.17, 15) is 9.59 Å². The lowest BCUT2D eigenvalue weighted by Crippen LogP contribution is -2.44. The van der Waals surface area contributed by atoms with Crippen LogP contribution in [0.3, 0.4) is 0 Å². The number of likely N-dealkylation sites (tertiary alicyclic amines) is 1. The van der Waals surface area contributed by atoms with Crippen molar-refractivity contribution in [2.24, 2.45) is 5.92 Å². The molecule has 0 unspecified atom stereocenters. The average molecular weight is 423 g/mol. The predicted octanol–water partition coefficient (Wildman–Crippen LogP) is 3.58. The van der Waals surface area contributed by atoms with Gasteiger partial charge in [0.05, 0.1) is 24.4 Å². The third-order valence-electron chi connectivity index (χ3n) is 6.37. The molecular weight excluding hydrogens is 392 g/mol. The summed E-state index contributed by atoms with van der Waals surface area (Å²) in [6, 6.07) is 7.50. The molecular formula is C24H30N4O3. The average Bonchev–Trinajstić information content (AvgIpc) is 2.76. The zero-order chi connectivity index (χ0) is 21.8. The molecule has 2 heterocycles. The number of aryl methyl sites for hydroxylation is 1. The maximum Gasteiger partial charge on any atom is 0.254 e. The summed E-state index contributed by atoms with van der Waals surface area (Å²) in [5.41, 5.74) is 2.05. The Balaban J connectivity index is 1.45. The molecule has 7 heteroatoms. The Hall–Kier alpha value is -2.96. The van der Waals surface area contributed by atoms with Gasteiger partial charge in [-0.15, -0.1) is 0 Å². The Kier molecular flexibility index (Phi) is 6.49. The number of carbonyl (C=O) groups is 2. The number of piperidine rings is 1. The van der Waals surface area contributed by atoms with E-state index in [1.165, 1.54) is 0 Å². The zero-order valence-electron chi connectivity index (χ0n) is 18.3. The summed E-state index contributed by atoms with van der Waals surface area (Å²) in [4.78, 5) is 36.7. The van der Waals surface area contributed by atoms with E-state index in [2.05, 4.69) is 15.3 Å². The molecule has 1 aliphatic heterocycles. The molecule has 2 amide bonds. The molecule has 1 aromatic carbocycles. The van der Waals surface area contributed by atoms with Crippen LogP contribution in [-0.2, 0) is 11.3 Å². The summed E-state index contributed by atoms with van der Waals surface area (Å²) in [6.07, 6.45) is 7.69. The van der Waals surface area contributed by atoms with E-state index in [0.29, 0.717) is 23.6 Å². The summed E-state index contributed by atoms with van der Waals surface area (Å²) in [6.45, 7) is 2.99. The summed E-state index contributed by atoms with van der Waals surface area (Å²) in [5.74, 6) is 1.61. The van der Waals surface area contributed by atoms with Crippen LogP contribution in [0, 0.1) is 12.8 Å². The summed E-state index contributed by atoms with van der Waals surface area (Å²) in [7, 11) is 1.62. The first kappa shape index (κ1) is 21.3. The molecule has 2 aromatic rings. The van der Waals surface area contributed by atoms with Gasteiger partial charge < -0.3 is 15.0 Å². The third-order valence-corrected chi connectivity index (χ3v) is 6.37. The second kappa shape index (κ2) is 9.45. The van der Waals surface area contributed by atoms with E-state index < -0.39 is 0 Å². The van der Waals surface area contributed by atoms with E-state index >= 15 is 0 Å². The van der Waals surface area contributed by atoms with E-state index in [4.69, 9.17) is 4.74 Å². The Labute approximate surface area is 183 Å². The number of aromatic nitrogens is 2. The van der Waals surface area contributed by atoms with Gasteiger partial charge in [-0.25, -0.2) is 9.97 Å². The summed E-state index contributed by atoms with van der Waals surface area (Å²) in [5, 5.41) is 2.92. The smallest absolute Gasteiger partial charge is 0.254 e. The second-order valence-corrected chi connectivity index (χ2v) is 8.43. The molecule has 2 aliphatic rings. The van der Waals surface area contributed by atoms with Crippen molar-refractivity contribution in [2.45, 2.75) is 58.0 Å². The van der Waals surface area contributed by atoms with Crippen molar-refractivity contribution in [3.63, 3.8) is 0 Å². The molecule has 4 rings (SSSR count). The lowest BCUT2D eigenvalue weighted by atomic mass is 9.83. The molecule has 1 saturated heterocycles. The van der Waals surface area contributed by atoms with Crippen molar-refractivity contribution in [1.82, 2.24) is 20.2 Å². The quantitative estimate of drug-likeness (QED) is 0.769. The molecule has 1 saturated carbocycles. The van der Waals surface area contributed by atoms with E-state index in [1.807, 2.05) is 36.1 Å². The molecule has 164 valence electrons. The molecule has 1 aromatic heterocycles. The van der Waals surface area contributed by atoms with Crippen molar-refractivity contribution >= 4 is 11.8 Å². The predicted molar refractivity (Wildman–Crippen MR) is 117 cm³/mol. The number of nitrogens with one attached hydrogen (secondary N) is 1. The second-order valence-electron chi connectivity index (χ2n) is 8.43. The van der Waals surface area contributed by atoms with E-state index in [-0.39, 0.29) is 23.8 Å². The summed E-state index contributed by atoms with van der Waals surface area (Å²) < 4.78 is 5.23. The minimum absolute atomic E-state index is 0.0885. The first-order valence-electron chi connectivity index (χ1n) is 11.1. The Morgan fingerprint density at radius 3 is 2.74 bits per heavy atom. The number of nitrogens with zero attached hydrogens (tertiary/aromatic N) is 3. The van der Waals surface area contributed by atoms with Crippen molar-refractivity contribution in [2.75, 3.05) is 13.7 Å². The number of amides is 2. The number of carbonyl (C=O) groups excluding carboxylic acids is 2. The molecule has 7 nitrogen and oxygen atoms in total. The Bertz CT molecular complexity index is 958. The Morgan fingerprint density at radius 1 is 1.19 bits per heavy atom. The van der Waals surface area contributed by atoms with Crippen LogP contribution in [0.2, 0.25) is 0 Å². The SMILES string of the molecule is COc1cccc(CNC(=O)c2cnc([C@H]3CCCCN3C(=O)C3CCC3)nc2C)c1. The third kappa shape index (κ3) is 4.70. The highest BCUT2D eigenvalue weighted by Crippen LogP contribution is 2.35. The van der Waals surface area contributed by atoms with E-state index in [1.54, 1.807) is 13.3 Å². The fourth-order valence-corrected chi connectivity index (χ4v) is 4.28. The monoisotopic (exact) mass is 422 g/mol. The largest absolute Gasteiger partial charge is 0.497 e. The maximum absolute atomic E-state index is 12.9.